The molecule has 126 valence electrons. The number of amides is 1. The molecule has 0 aromatic heterocycles. The Hall–Kier alpha value is -2.24. The Morgan fingerprint density at radius 2 is 1.75 bits per heavy atom. The second-order valence-electron chi connectivity index (χ2n) is 5.94. The molecular formula is C18H20ClN3O2. The van der Waals surface area contributed by atoms with Crippen LogP contribution in [0.15, 0.2) is 42.5 Å². The Bertz CT molecular complexity index is 726. The van der Waals surface area contributed by atoms with E-state index in [1.165, 1.54) is 0 Å². The van der Waals surface area contributed by atoms with Crippen molar-refractivity contribution >= 4 is 23.2 Å². The molecule has 2 aromatic rings. The third kappa shape index (κ3) is 3.63. The number of phenolic OH excluding ortho intramolecular Hbond substituents is 1. The molecule has 6 heteroatoms. The Labute approximate surface area is 146 Å². The van der Waals surface area contributed by atoms with Crippen molar-refractivity contribution in [2.75, 3.05) is 31.9 Å². The van der Waals surface area contributed by atoms with Crippen LogP contribution in [0, 0.1) is 0 Å². The molecule has 1 heterocycles. The van der Waals surface area contributed by atoms with E-state index in [4.69, 9.17) is 17.3 Å². The van der Waals surface area contributed by atoms with Crippen LogP contribution in [0.3, 0.4) is 0 Å². The number of piperazine rings is 1. The fourth-order valence-electron chi connectivity index (χ4n) is 2.85. The van der Waals surface area contributed by atoms with Crippen LogP contribution >= 0.6 is 11.6 Å². The zero-order valence-electron chi connectivity index (χ0n) is 13.3. The lowest BCUT2D eigenvalue weighted by Crippen LogP contribution is -2.48. The predicted octanol–water partition coefficient (Wildman–Crippen LogP) is 2.59. The monoisotopic (exact) mass is 345 g/mol. The number of anilines is 1. The molecule has 0 bridgehead atoms. The van der Waals surface area contributed by atoms with Gasteiger partial charge >= 0.3 is 0 Å². The molecule has 1 aliphatic rings. The highest BCUT2D eigenvalue weighted by molar-refractivity contribution is 6.32. The average Bonchev–Trinajstić information content (AvgIpc) is 2.60. The highest BCUT2D eigenvalue weighted by Gasteiger charge is 2.22. The van der Waals surface area contributed by atoms with Gasteiger partial charge in [-0.25, -0.2) is 0 Å². The topological polar surface area (TPSA) is 69.8 Å². The summed E-state index contributed by atoms with van der Waals surface area (Å²) in [5, 5.41) is 10.1. The number of hydrogen-bond acceptors (Lipinski definition) is 4. The Morgan fingerprint density at radius 1 is 1.08 bits per heavy atom. The predicted molar refractivity (Wildman–Crippen MR) is 95.2 cm³/mol. The van der Waals surface area contributed by atoms with Gasteiger partial charge in [-0.05, 0) is 35.9 Å². The molecular weight excluding hydrogens is 326 g/mol. The van der Waals surface area contributed by atoms with E-state index >= 15 is 0 Å². The second kappa shape index (κ2) is 7.11. The summed E-state index contributed by atoms with van der Waals surface area (Å²) in [6.07, 6.45) is 0. The highest BCUT2D eigenvalue weighted by atomic mass is 35.5. The van der Waals surface area contributed by atoms with Crippen LogP contribution in [0.4, 0.5) is 5.69 Å². The van der Waals surface area contributed by atoms with Crippen molar-refractivity contribution in [3.63, 3.8) is 0 Å². The quantitative estimate of drug-likeness (QED) is 0.839. The maximum atomic E-state index is 12.5. The molecule has 2 aromatic carbocycles. The molecule has 1 aliphatic heterocycles. The lowest BCUT2D eigenvalue weighted by Gasteiger charge is -2.35. The van der Waals surface area contributed by atoms with E-state index in [1.54, 1.807) is 36.4 Å². The average molecular weight is 346 g/mol. The maximum absolute atomic E-state index is 12.5. The molecule has 0 radical (unpaired) electrons. The largest absolute Gasteiger partial charge is 0.506 e. The van der Waals surface area contributed by atoms with Gasteiger partial charge in [0.15, 0.2) is 0 Å². The summed E-state index contributed by atoms with van der Waals surface area (Å²) in [5.41, 5.74) is 7.87. The minimum absolute atomic E-state index is 0.0324. The third-order valence-corrected chi connectivity index (χ3v) is 4.71. The van der Waals surface area contributed by atoms with Crippen LogP contribution in [0.25, 0.3) is 0 Å². The molecule has 1 fully saturated rings. The molecule has 1 saturated heterocycles. The molecule has 5 nitrogen and oxygen atoms in total. The summed E-state index contributed by atoms with van der Waals surface area (Å²) in [5.74, 6) is 0.136. The van der Waals surface area contributed by atoms with Gasteiger partial charge in [-0.3, -0.25) is 9.69 Å². The van der Waals surface area contributed by atoms with Crippen molar-refractivity contribution < 1.29 is 9.90 Å². The number of carbonyl (C=O) groups is 1. The molecule has 0 spiro atoms. The Balaban J connectivity index is 1.58. The SMILES string of the molecule is Nc1ccc(C(=O)N2CCN(Cc3cccc(O)c3Cl)CC2)cc1. The van der Waals surface area contributed by atoms with Crippen LogP contribution in [0.5, 0.6) is 5.75 Å². The summed E-state index contributed by atoms with van der Waals surface area (Å²) < 4.78 is 0. The zero-order valence-corrected chi connectivity index (χ0v) is 14.0. The van der Waals surface area contributed by atoms with Crippen molar-refractivity contribution in [3.8, 4) is 5.75 Å². The summed E-state index contributed by atoms with van der Waals surface area (Å²) in [6.45, 7) is 3.54. The number of nitrogens with two attached hydrogens (primary N) is 1. The lowest BCUT2D eigenvalue weighted by molar-refractivity contribution is 0.0628. The summed E-state index contributed by atoms with van der Waals surface area (Å²) >= 11 is 6.13. The van der Waals surface area contributed by atoms with Gasteiger partial charge in [-0.2, -0.15) is 0 Å². The number of halogens is 1. The van der Waals surface area contributed by atoms with Gasteiger partial charge in [0, 0.05) is 44.0 Å². The fourth-order valence-corrected chi connectivity index (χ4v) is 3.03. The van der Waals surface area contributed by atoms with E-state index in [1.807, 2.05) is 11.0 Å². The first-order chi connectivity index (χ1) is 11.5. The number of carbonyl (C=O) groups excluding carboxylic acids is 1. The molecule has 3 N–H and O–H groups in total. The summed E-state index contributed by atoms with van der Waals surface area (Å²) in [4.78, 5) is 16.6. The molecule has 1 amide bonds. The minimum atomic E-state index is 0.0324. The van der Waals surface area contributed by atoms with E-state index < -0.39 is 0 Å². The number of benzene rings is 2. The molecule has 0 atom stereocenters. The third-order valence-electron chi connectivity index (χ3n) is 4.27. The van der Waals surface area contributed by atoms with Crippen molar-refractivity contribution in [2.45, 2.75) is 6.54 Å². The second-order valence-corrected chi connectivity index (χ2v) is 6.32. The lowest BCUT2D eigenvalue weighted by atomic mass is 10.1. The van der Waals surface area contributed by atoms with Crippen molar-refractivity contribution in [2.24, 2.45) is 0 Å². The number of nitrogen functional groups attached to an aromatic ring is 1. The van der Waals surface area contributed by atoms with Gasteiger partial charge in [0.05, 0.1) is 5.02 Å². The van der Waals surface area contributed by atoms with Crippen LogP contribution in [0.1, 0.15) is 15.9 Å². The molecule has 0 unspecified atom stereocenters. The standard InChI is InChI=1S/C18H20ClN3O2/c19-17-14(2-1-3-16(17)23)12-21-8-10-22(11-9-21)18(24)13-4-6-15(20)7-5-13/h1-7,23H,8-12,20H2. The normalized spacial score (nSPS) is 15.5. The first kappa shape index (κ1) is 16.6. The van der Waals surface area contributed by atoms with Crippen molar-refractivity contribution in [1.82, 2.24) is 9.80 Å². The van der Waals surface area contributed by atoms with E-state index in [0.717, 1.165) is 18.7 Å². The number of nitrogens with zero attached hydrogens (tertiary/aromatic N) is 2. The van der Waals surface area contributed by atoms with Gasteiger partial charge < -0.3 is 15.7 Å². The molecule has 0 saturated carbocycles. The van der Waals surface area contributed by atoms with Gasteiger partial charge in [0.1, 0.15) is 5.75 Å². The molecule has 24 heavy (non-hydrogen) atoms. The number of hydrogen-bond donors (Lipinski definition) is 2. The number of rotatable bonds is 3. The van der Waals surface area contributed by atoms with Gasteiger partial charge in [-0.1, -0.05) is 23.7 Å². The fraction of sp³-hybridized carbons (Fsp3) is 0.278. The number of phenols is 1. The van der Waals surface area contributed by atoms with Crippen molar-refractivity contribution in [3.05, 3.63) is 58.6 Å². The van der Waals surface area contributed by atoms with Crippen LogP contribution in [-0.4, -0.2) is 47.0 Å². The van der Waals surface area contributed by atoms with E-state index in [-0.39, 0.29) is 11.7 Å². The summed E-state index contributed by atoms with van der Waals surface area (Å²) in [6, 6.07) is 12.3. The van der Waals surface area contributed by atoms with E-state index in [2.05, 4.69) is 4.90 Å². The number of aromatic hydroxyl groups is 1. The first-order valence-corrected chi connectivity index (χ1v) is 8.26. The molecule has 0 aliphatic carbocycles. The Kier molecular flexibility index (Phi) is 4.92. The zero-order chi connectivity index (χ0) is 17.1. The molecule has 3 rings (SSSR count). The first-order valence-electron chi connectivity index (χ1n) is 7.88. The van der Waals surface area contributed by atoms with Gasteiger partial charge in [0.25, 0.3) is 5.91 Å². The van der Waals surface area contributed by atoms with E-state index in [0.29, 0.717) is 35.9 Å². The summed E-state index contributed by atoms with van der Waals surface area (Å²) in [7, 11) is 0. The Morgan fingerprint density at radius 3 is 2.42 bits per heavy atom. The van der Waals surface area contributed by atoms with Gasteiger partial charge in [-0.15, -0.1) is 0 Å². The van der Waals surface area contributed by atoms with Crippen LogP contribution < -0.4 is 5.73 Å². The van der Waals surface area contributed by atoms with Crippen molar-refractivity contribution in [1.29, 1.82) is 0 Å². The van der Waals surface area contributed by atoms with Crippen LogP contribution in [-0.2, 0) is 6.54 Å². The van der Waals surface area contributed by atoms with Crippen LogP contribution in [0.2, 0.25) is 5.02 Å². The minimum Gasteiger partial charge on any atom is -0.506 e. The van der Waals surface area contributed by atoms with E-state index in [9.17, 15) is 9.90 Å². The maximum Gasteiger partial charge on any atom is 0.253 e. The highest BCUT2D eigenvalue weighted by Crippen LogP contribution is 2.27. The smallest absolute Gasteiger partial charge is 0.253 e. The van der Waals surface area contributed by atoms with Gasteiger partial charge in [0.2, 0.25) is 0 Å².